The maximum Gasteiger partial charge on any atom is -0.0162 e. The lowest BCUT2D eigenvalue weighted by Crippen LogP contribution is -2.13. The fourth-order valence-corrected chi connectivity index (χ4v) is 3.08. The van der Waals surface area contributed by atoms with Gasteiger partial charge in [-0.25, -0.2) is 0 Å². The quantitative estimate of drug-likeness (QED) is 0.650. The number of hydrogen-bond donors (Lipinski definition) is 0. The Hall–Kier alpha value is -0.780. The zero-order valence-corrected chi connectivity index (χ0v) is 11.4. The molecule has 0 amide bonds. The van der Waals surface area contributed by atoms with E-state index in [0.29, 0.717) is 0 Å². The molecular formula is C17H26. The van der Waals surface area contributed by atoms with Crippen molar-refractivity contribution in [2.75, 3.05) is 0 Å². The van der Waals surface area contributed by atoms with Gasteiger partial charge in [0.05, 0.1) is 0 Å². The molecule has 0 heterocycles. The van der Waals surface area contributed by atoms with Gasteiger partial charge in [0.25, 0.3) is 0 Å². The van der Waals surface area contributed by atoms with Gasteiger partial charge in [-0.05, 0) is 49.0 Å². The summed E-state index contributed by atoms with van der Waals surface area (Å²) in [6.07, 6.45) is 8.60. The highest BCUT2D eigenvalue weighted by molar-refractivity contribution is 5.19. The minimum absolute atomic E-state index is 0.839. The average molecular weight is 230 g/mol. The molecule has 0 aromatic heterocycles. The van der Waals surface area contributed by atoms with Crippen molar-refractivity contribution in [2.45, 2.75) is 58.3 Å². The van der Waals surface area contributed by atoms with Gasteiger partial charge in [0.1, 0.15) is 0 Å². The lowest BCUT2D eigenvalue weighted by molar-refractivity contribution is 0.293. The Morgan fingerprint density at radius 1 is 1.00 bits per heavy atom. The molecule has 2 rings (SSSR count). The van der Waals surface area contributed by atoms with Crippen LogP contribution in [0.3, 0.4) is 0 Å². The molecule has 1 fully saturated rings. The van der Waals surface area contributed by atoms with Crippen molar-refractivity contribution in [2.24, 2.45) is 11.8 Å². The Kier molecular flexibility index (Phi) is 4.65. The van der Waals surface area contributed by atoms with Crippen molar-refractivity contribution < 1.29 is 0 Å². The molecule has 0 radical (unpaired) electrons. The molecule has 0 saturated heterocycles. The lowest BCUT2D eigenvalue weighted by atomic mass is 9.77. The number of benzene rings is 1. The van der Waals surface area contributed by atoms with Crippen LogP contribution in [0.1, 0.15) is 63.9 Å². The molecule has 94 valence electrons. The molecule has 0 unspecified atom stereocenters. The third kappa shape index (κ3) is 3.87. The second-order valence-corrected chi connectivity index (χ2v) is 6.10. The summed E-state index contributed by atoms with van der Waals surface area (Å²) >= 11 is 0. The molecule has 0 N–H and O–H groups in total. The highest BCUT2D eigenvalue weighted by atomic mass is 14.3. The second kappa shape index (κ2) is 6.23. The molecule has 1 aliphatic rings. The average Bonchev–Trinajstić information content (AvgIpc) is 2.38. The summed E-state index contributed by atoms with van der Waals surface area (Å²) in [7, 11) is 0. The van der Waals surface area contributed by atoms with Gasteiger partial charge >= 0.3 is 0 Å². The molecule has 1 aromatic carbocycles. The van der Waals surface area contributed by atoms with Crippen LogP contribution in [-0.4, -0.2) is 0 Å². The zero-order valence-electron chi connectivity index (χ0n) is 11.4. The van der Waals surface area contributed by atoms with Crippen LogP contribution in [0.25, 0.3) is 0 Å². The van der Waals surface area contributed by atoms with Crippen LogP contribution in [-0.2, 0) is 0 Å². The van der Waals surface area contributed by atoms with Crippen molar-refractivity contribution in [3.8, 4) is 0 Å². The summed E-state index contributed by atoms with van der Waals surface area (Å²) in [4.78, 5) is 0. The Morgan fingerprint density at radius 2 is 1.65 bits per heavy atom. The summed E-state index contributed by atoms with van der Waals surface area (Å²) in [6, 6.07) is 11.1. The molecule has 0 aliphatic heterocycles. The number of hydrogen-bond acceptors (Lipinski definition) is 0. The standard InChI is InChI=1S/C17H26/c1-14(2)8-9-15-10-12-17(13-11-15)16-6-4-3-5-7-16/h3-7,14-15,17H,8-13H2,1-2H3. The van der Waals surface area contributed by atoms with Crippen molar-refractivity contribution in [1.29, 1.82) is 0 Å². The molecule has 0 atom stereocenters. The third-order valence-corrected chi connectivity index (χ3v) is 4.27. The van der Waals surface area contributed by atoms with Gasteiger partial charge in [-0.1, -0.05) is 57.0 Å². The van der Waals surface area contributed by atoms with Crippen LogP contribution in [0.5, 0.6) is 0 Å². The van der Waals surface area contributed by atoms with Crippen LogP contribution in [0.4, 0.5) is 0 Å². The van der Waals surface area contributed by atoms with E-state index in [0.717, 1.165) is 17.8 Å². The molecule has 1 aliphatic carbocycles. The monoisotopic (exact) mass is 230 g/mol. The summed E-state index contributed by atoms with van der Waals surface area (Å²) < 4.78 is 0. The summed E-state index contributed by atoms with van der Waals surface area (Å²) in [5, 5.41) is 0. The highest BCUT2D eigenvalue weighted by Crippen LogP contribution is 2.37. The van der Waals surface area contributed by atoms with Crippen LogP contribution in [0, 0.1) is 11.8 Å². The fraction of sp³-hybridized carbons (Fsp3) is 0.647. The Labute approximate surface area is 106 Å². The Balaban J connectivity index is 1.78. The van der Waals surface area contributed by atoms with Crippen molar-refractivity contribution in [3.05, 3.63) is 35.9 Å². The first-order valence-corrected chi connectivity index (χ1v) is 7.30. The van der Waals surface area contributed by atoms with Crippen molar-refractivity contribution in [1.82, 2.24) is 0 Å². The van der Waals surface area contributed by atoms with E-state index in [9.17, 15) is 0 Å². The van der Waals surface area contributed by atoms with Gasteiger partial charge in [0, 0.05) is 0 Å². The van der Waals surface area contributed by atoms with Crippen LogP contribution >= 0.6 is 0 Å². The van der Waals surface area contributed by atoms with E-state index < -0.39 is 0 Å². The van der Waals surface area contributed by atoms with E-state index in [2.05, 4.69) is 44.2 Å². The largest absolute Gasteiger partial charge is 0.0628 e. The fourth-order valence-electron chi connectivity index (χ4n) is 3.08. The minimum atomic E-state index is 0.839. The van der Waals surface area contributed by atoms with E-state index >= 15 is 0 Å². The maximum atomic E-state index is 2.34. The van der Waals surface area contributed by atoms with Crippen molar-refractivity contribution >= 4 is 0 Å². The first-order valence-electron chi connectivity index (χ1n) is 7.30. The van der Waals surface area contributed by atoms with Crippen LogP contribution in [0.15, 0.2) is 30.3 Å². The first-order chi connectivity index (χ1) is 8.25. The van der Waals surface area contributed by atoms with E-state index in [4.69, 9.17) is 0 Å². The molecule has 0 nitrogen and oxygen atoms in total. The second-order valence-electron chi connectivity index (χ2n) is 6.10. The number of rotatable bonds is 4. The van der Waals surface area contributed by atoms with Gasteiger partial charge in [0.2, 0.25) is 0 Å². The predicted octanol–water partition coefficient (Wildman–Crippen LogP) is 5.40. The summed E-state index contributed by atoms with van der Waals surface area (Å²) in [6.45, 7) is 4.69. The minimum Gasteiger partial charge on any atom is -0.0628 e. The van der Waals surface area contributed by atoms with E-state index in [-0.39, 0.29) is 0 Å². The normalized spacial score (nSPS) is 25.1. The Bertz CT molecular complexity index is 304. The van der Waals surface area contributed by atoms with Crippen molar-refractivity contribution in [3.63, 3.8) is 0 Å². The molecule has 1 aromatic rings. The molecule has 1 saturated carbocycles. The molecule has 0 bridgehead atoms. The van der Waals surface area contributed by atoms with E-state index in [1.165, 1.54) is 38.5 Å². The SMILES string of the molecule is CC(C)CCC1CCC(c2ccccc2)CC1. The summed E-state index contributed by atoms with van der Waals surface area (Å²) in [5.74, 6) is 2.73. The van der Waals surface area contributed by atoms with E-state index in [1.54, 1.807) is 5.56 Å². The van der Waals surface area contributed by atoms with Gasteiger partial charge in [-0.15, -0.1) is 0 Å². The summed E-state index contributed by atoms with van der Waals surface area (Å²) in [5.41, 5.74) is 1.56. The van der Waals surface area contributed by atoms with Gasteiger partial charge in [-0.2, -0.15) is 0 Å². The predicted molar refractivity (Wildman–Crippen MR) is 75.2 cm³/mol. The Morgan fingerprint density at radius 3 is 2.24 bits per heavy atom. The van der Waals surface area contributed by atoms with Gasteiger partial charge in [0.15, 0.2) is 0 Å². The smallest absolute Gasteiger partial charge is 0.0162 e. The van der Waals surface area contributed by atoms with Crippen LogP contribution in [0.2, 0.25) is 0 Å². The lowest BCUT2D eigenvalue weighted by Gasteiger charge is -2.29. The topological polar surface area (TPSA) is 0 Å². The molecule has 0 heteroatoms. The highest BCUT2D eigenvalue weighted by Gasteiger charge is 2.21. The molecule has 17 heavy (non-hydrogen) atoms. The van der Waals surface area contributed by atoms with Gasteiger partial charge in [-0.3, -0.25) is 0 Å². The molecular weight excluding hydrogens is 204 g/mol. The first kappa shape index (κ1) is 12.7. The van der Waals surface area contributed by atoms with E-state index in [1.807, 2.05) is 0 Å². The zero-order chi connectivity index (χ0) is 12.1. The third-order valence-electron chi connectivity index (χ3n) is 4.27. The molecule has 0 spiro atoms. The van der Waals surface area contributed by atoms with Crippen LogP contribution < -0.4 is 0 Å². The maximum absolute atomic E-state index is 2.34. The van der Waals surface area contributed by atoms with Gasteiger partial charge < -0.3 is 0 Å².